The van der Waals surface area contributed by atoms with E-state index in [9.17, 15) is 0 Å². The summed E-state index contributed by atoms with van der Waals surface area (Å²) >= 11 is 3.54. The van der Waals surface area contributed by atoms with Crippen LogP contribution < -0.4 is 10.1 Å². The summed E-state index contributed by atoms with van der Waals surface area (Å²) in [6, 6.07) is 14.3. The highest BCUT2D eigenvalue weighted by Gasteiger charge is 1.99. The van der Waals surface area contributed by atoms with Gasteiger partial charge in [-0.05, 0) is 42.3 Å². The summed E-state index contributed by atoms with van der Waals surface area (Å²) < 4.78 is 6.33. The lowest BCUT2D eigenvalue weighted by Gasteiger charge is -2.09. The van der Waals surface area contributed by atoms with E-state index in [0.29, 0.717) is 0 Å². The highest BCUT2D eigenvalue weighted by atomic mass is 79.9. The van der Waals surface area contributed by atoms with Crippen molar-refractivity contribution in [1.82, 2.24) is 0 Å². The van der Waals surface area contributed by atoms with E-state index in [-0.39, 0.29) is 0 Å². The number of rotatable bonds is 4. The molecule has 0 aromatic heterocycles. The Morgan fingerprint density at radius 1 is 1.17 bits per heavy atom. The molecule has 0 saturated heterocycles. The Morgan fingerprint density at radius 2 is 2.00 bits per heavy atom. The first-order valence-electron chi connectivity index (χ1n) is 5.82. The van der Waals surface area contributed by atoms with Crippen LogP contribution in [0.15, 0.2) is 46.9 Å². The Balaban J connectivity index is 2.04. The van der Waals surface area contributed by atoms with Crippen LogP contribution in [0.25, 0.3) is 0 Å². The van der Waals surface area contributed by atoms with E-state index < -0.39 is 0 Å². The van der Waals surface area contributed by atoms with Crippen LogP contribution in [0, 0.1) is 6.92 Å². The lowest BCUT2D eigenvalue weighted by molar-refractivity contribution is 0.414. The third-order valence-electron chi connectivity index (χ3n) is 2.80. The second-order valence-electron chi connectivity index (χ2n) is 4.17. The number of methoxy groups -OCH3 is 1. The lowest BCUT2D eigenvalue weighted by atomic mass is 10.2. The minimum absolute atomic E-state index is 0.784. The van der Waals surface area contributed by atoms with E-state index in [1.807, 2.05) is 18.2 Å². The van der Waals surface area contributed by atoms with Gasteiger partial charge in [-0.3, -0.25) is 0 Å². The summed E-state index contributed by atoms with van der Waals surface area (Å²) in [6.45, 7) is 2.86. The molecule has 0 aliphatic heterocycles. The highest BCUT2D eigenvalue weighted by molar-refractivity contribution is 9.10. The Kier molecular flexibility index (Phi) is 4.26. The number of benzene rings is 2. The molecule has 0 amide bonds. The van der Waals surface area contributed by atoms with Crippen LogP contribution in [0.4, 0.5) is 5.69 Å². The molecule has 94 valence electrons. The molecule has 0 bridgehead atoms. The van der Waals surface area contributed by atoms with Crippen molar-refractivity contribution in [3.8, 4) is 5.75 Å². The van der Waals surface area contributed by atoms with Crippen molar-refractivity contribution in [3.63, 3.8) is 0 Å². The maximum atomic E-state index is 5.21. The topological polar surface area (TPSA) is 21.3 Å². The summed E-state index contributed by atoms with van der Waals surface area (Å²) in [4.78, 5) is 0. The number of nitrogens with one attached hydrogen (secondary N) is 1. The molecule has 0 fully saturated rings. The number of aryl methyl sites for hydroxylation is 1. The van der Waals surface area contributed by atoms with Crippen molar-refractivity contribution in [2.75, 3.05) is 12.4 Å². The lowest BCUT2D eigenvalue weighted by Crippen LogP contribution is -1.99. The largest absolute Gasteiger partial charge is 0.497 e. The van der Waals surface area contributed by atoms with Gasteiger partial charge in [-0.2, -0.15) is 0 Å². The van der Waals surface area contributed by atoms with Crippen LogP contribution in [0.5, 0.6) is 5.75 Å². The predicted octanol–water partition coefficient (Wildman–Crippen LogP) is 4.38. The molecule has 2 aromatic rings. The molecule has 0 spiro atoms. The second-order valence-corrected chi connectivity index (χ2v) is 5.02. The van der Waals surface area contributed by atoms with E-state index in [0.717, 1.165) is 22.5 Å². The van der Waals surface area contributed by atoms with Crippen molar-refractivity contribution >= 4 is 21.6 Å². The maximum absolute atomic E-state index is 5.21. The first kappa shape index (κ1) is 13.0. The van der Waals surface area contributed by atoms with Crippen LogP contribution >= 0.6 is 15.9 Å². The summed E-state index contributed by atoms with van der Waals surface area (Å²) in [5.41, 5.74) is 3.54. The smallest absolute Gasteiger partial charge is 0.119 e. The second kappa shape index (κ2) is 5.91. The first-order chi connectivity index (χ1) is 8.69. The average molecular weight is 306 g/mol. The molecular formula is C15H16BrNO. The van der Waals surface area contributed by atoms with Crippen molar-refractivity contribution in [1.29, 1.82) is 0 Å². The van der Waals surface area contributed by atoms with Crippen LogP contribution in [-0.4, -0.2) is 7.11 Å². The average Bonchev–Trinajstić information content (AvgIpc) is 2.40. The number of hydrogen-bond donors (Lipinski definition) is 1. The molecule has 0 radical (unpaired) electrons. The van der Waals surface area contributed by atoms with Gasteiger partial charge in [0.15, 0.2) is 0 Å². The third kappa shape index (κ3) is 3.26. The van der Waals surface area contributed by atoms with E-state index >= 15 is 0 Å². The van der Waals surface area contributed by atoms with Crippen molar-refractivity contribution < 1.29 is 4.74 Å². The third-order valence-corrected chi connectivity index (χ3v) is 3.66. The number of anilines is 1. The van der Waals surface area contributed by atoms with E-state index in [1.54, 1.807) is 7.11 Å². The molecule has 2 rings (SSSR count). The maximum Gasteiger partial charge on any atom is 0.119 e. The van der Waals surface area contributed by atoms with E-state index in [1.165, 1.54) is 11.1 Å². The van der Waals surface area contributed by atoms with E-state index in [4.69, 9.17) is 4.74 Å². The van der Waals surface area contributed by atoms with Gasteiger partial charge in [0.1, 0.15) is 5.75 Å². The quantitative estimate of drug-likeness (QED) is 0.905. The Labute approximate surface area is 116 Å². The van der Waals surface area contributed by atoms with Crippen LogP contribution in [-0.2, 0) is 6.54 Å². The molecular weight excluding hydrogens is 290 g/mol. The van der Waals surface area contributed by atoms with Crippen molar-refractivity contribution in [2.24, 2.45) is 0 Å². The molecule has 0 aliphatic rings. The zero-order valence-corrected chi connectivity index (χ0v) is 12.1. The van der Waals surface area contributed by atoms with Gasteiger partial charge in [0, 0.05) is 16.7 Å². The molecule has 0 aliphatic carbocycles. The number of ether oxygens (including phenoxy) is 1. The predicted molar refractivity (Wildman–Crippen MR) is 79.2 cm³/mol. The molecule has 0 heterocycles. The highest BCUT2D eigenvalue weighted by Crippen LogP contribution is 2.21. The van der Waals surface area contributed by atoms with Crippen LogP contribution in [0.2, 0.25) is 0 Å². The number of halogens is 1. The molecule has 18 heavy (non-hydrogen) atoms. The normalized spacial score (nSPS) is 10.2. The van der Waals surface area contributed by atoms with Gasteiger partial charge in [0.05, 0.1) is 7.11 Å². The Bertz CT molecular complexity index is 540. The number of hydrogen-bond acceptors (Lipinski definition) is 2. The molecule has 0 atom stereocenters. The molecule has 1 N–H and O–H groups in total. The molecule has 3 heteroatoms. The van der Waals surface area contributed by atoms with Gasteiger partial charge < -0.3 is 10.1 Å². The Hall–Kier alpha value is -1.48. The fraction of sp³-hybridized carbons (Fsp3) is 0.200. The Morgan fingerprint density at radius 3 is 2.72 bits per heavy atom. The summed E-state index contributed by atoms with van der Waals surface area (Å²) in [5, 5.41) is 3.39. The van der Waals surface area contributed by atoms with Gasteiger partial charge >= 0.3 is 0 Å². The van der Waals surface area contributed by atoms with Gasteiger partial charge in [-0.1, -0.05) is 34.1 Å². The molecule has 2 nitrogen and oxygen atoms in total. The van der Waals surface area contributed by atoms with Crippen LogP contribution in [0.3, 0.4) is 0 Å². The summed E-state index contributed by atoms with van der Waals surface area (Å²) in [7, 11) is 1.68. The fourth-order valence-electron chi connectivity index (χ4n) is 1.69. The first-order valence-corrected chi connectivity index (χ1v) is 6.61. The van der Waals surface area contributed by atoms with Crippen LogP contribution in [0.1, 0.15) is 11.1 Å². The van der Waals surface area contributed by atoms with Gasteiger partial charge in [0.25, 0.3) is 0 Å². The zero-order chi connectivity index (χ0) is 13.0. The molecule has 2 aromatic carbocycles. The standard InChI is InChI=1S/C15H16BrNO/c1-11-6-7-13(9-15(11)16)17-10-12-4-3-5-14(8-12)18-2/h3-9,17H,10H2,1-2H3. The van der Waals surface area contributed by atoms with Crippen molar-refractivity contribution in [3.05, 3.63) is 58.1 Å². The summed E-state index contributed by atoms with van der Waals surface area (Å²) in [5.74, 6) is 0.888. The SMILES string of the molecule is COc1cccc(CNc2ccc(C)c(Br)c2)c1. The van der Waals surface area contributed by atoms with Gasteiger partial charge in [-0.25, -0.2) is 0 Å². The van der Waals surface area contributed by atoms with Crippen molar-refractivity contribution in [2.45, 2.75) is 13.5 Å². The fourth-order valence-corrected chi connectivity index (χ4v) is 2.07. The van der Waals surface area contributed by atoms with Gasteiger partial charge in [-0.15, -0.1) is 0 Å². The summed E-state index contributed by atoms with van der Waals surface area (Å²) in [6.07, 6.45) is 0. The minimum Gasteiger partial charge on any atom is -0.497 e. The zero-order valence-electron chi connectivity index (χ0n) is 10.5. The molecule has 0 saturated carbocycles. The monoisotopic (exact) mass is 305 g/mol. The molecule has 0 unspecified atom stereocenters. The van der Waals surface area contributed by atoms with E-state index in [2.05, 4.69) is 52.4 Å². The minimum atomic E-state index is 0.784. The van der Waals surface area contributed by atoms with Gasteiger partial charge in [0.2, 0.25) is 0 Å².